The second-order valence-electron chi connectivity index (χ2n) is 5.61. The molecule has 0 fully saturated rings. The molecule has 0 atom stereocenters. The lowest BCUT2D eigenvalue weighted by Gasteiger charge is -2.21. The van der Waals surface area contributed by atoms with E-state index in [2.05, 4.69) is 75.5 Å². The van der Waals surface area contributed by atoms with Gasteiger partial charge in [-0.1, -0.05) is 72.4 Å². The summed E-state index contributed by atoms with van der Waals surface area (Å²) in [5.74, 6) is 0. The quantitative estimate of drug-likeness (QED) is 0.502. The topological polar surface area (TPSA) is 0 Å². The van der Waals surface area contributed by atoms with Gasteiger partial charge in [0.05, 0.1) is 8.07 Å². The lowest BCUT2D eigenvalue weighted by atomic mass is 10.1. The van der Waals surface area contributed by atoms with E-state index < -0.39 is 8.07 Å². The highest BCUT2D eigenvalue weighted by Crippen LogP contribution is 2.14. The highest BCUT2D eigenvalue weighted by Gasteiger charge is 2.21. The predicted octanol–water partition coefficient (Wildman–Crippen LogP) is 4.90. The van der Waals surface area contributed by atoms with Crippen LogP contribution in [0.25, 0.3) is 0 Å². The lowest BCUT2D eigenvalue weighted by Crippen LogP contribution is -2.40. The monoisotopic (exact) mass is 258 g/mol. The van der Waals surface area contributed by atoms with E-state index in [0.29, 0.717) is 0 Å². The van der Waals surface area contributed by atoms with E-state index >= 15 is 0 Å². The standard InChI is InChI=1S/C17H26Si/c1-5-6-8-11-16(2)14-15-18(3,4)17-12-9-7-10-13-17/h5-7,9-10,12-14H,8,11,15H2,1-4H3/b6-5+,16-14-. The first-order chi connectivity index (χ1) is 8.56. The summed E-state index contributed by atoms with van der Waals surface area (Å²) in [4.78, 5) is 0. The number of benzene rings is 1. The van der Waals surface area contributed by atoms with Crippen molar-refractivity contribution in [2.24, 2.45) is 0 Å². The van der Waals surface area contributed by atoms with Gasteiger partial charge in [0.1, 0.15) is 0 Å². The van der Waals surface area contributed by atoms with Gasteiger partial charge in [-0.15, -0.1) is 0 Å². The summed E-state index contributed by atoms with van der Waals surface area (Å²) < 4.78 is 0. The van der Waals surface area contributed by atoms with Crippen molar-refractivity contribution >= 4 is 13.3 Å². The number of allylic oxidation sites excluding steroid dienone is 4. The van der Waals surface area contributed by atoms with Crippen LogP contribution in [0.4, 0.5) is 0 Å². The summed E-state index contributed by atoms with van der Waals surface area (Å²) in [7, 11) is -1.28. The molecule has 0 nitrogen and oxygen atoms in total. The largest absolute Gasteiger partial charge is 0.0917 e. The first kappa shape index (κ1) is 15.0. The molecule has 1 aromatic carbocycles. The van der Waals surface area contributed by atoms with E-state index in [1.807, 2.05) is 0 Å². The molecule has 98 valence electrons. The van der Waals surface area contributed by atoms with Crippen molar-refractivity contribution in [1.82, 2.24) is 0 Å². The predicted molar refractivity (Wildman–Crippen MR) is 86.2 cm³/mol. The van der Waals surface area contributed by atoms with Crippen LogP contribution in [0.1, 0.15) is 26.7 Å². The van der Waals surface area contributed by atoms with Gasteiger partial charge in [0.15, 0.2) is 0 Å². The minimum atomic E-state index is -1.28. The molecule has 18 heavy (non-hydrogen) atoms. The Bertz CT molecular complexity index is 399. The summed E-state index contributed by atoms with van der Waals surface area (Å²) in [6.45, 7) is 9.26. The van der Waals surface area contributed by atoms with Crippen LogP contribution in [-0.4, -0.2) is 8.07 Å². The van der Waals surface area contributed by atoms with Gasteiger partial charge in [-0.2, -0.15) is 0 Å². The average Bonchev–Trinajstić information content (AvgIpc) is 2.38. The zero-order chi connectivity index (χ0) is 13.4. The molecule has 0 heterocycles. The molecule has 0 aliphatic carbocycles. The van der Waals surface area contributed by atoms with Crippen molar-refractivity contribution in [3.05, 3.63) is 54.1 Å². The Morgan fingerprint density at radius 3 is 2.44 bits per heavy atom. The summed E-state index contributed by atoms with van der Waals surface area (Å²) in [5.41, 5.74) is 1.53. The maximum absolute atomic E-state index is 2.46. The van der Waals surface area contributed by atoms with E-state index in [0.717, 1.165) is 0 Å². The molecule has 0 N–H and O–H groups in total. The molecule has 0 unspecified atom stereocenters. The molecule has 0 bridgehead atoms. The van der Waals surface area contributed by atoms with Crippen LogP contribution in [0.5, 0.6) is 0 Å². The molecule has 1 aromatic rings. The highest BCUT2D eigenvalue weighted by molar-refractivity contribution is 6.90. The third-order valence-corrected chi connectivity index (χ3v) is 6.58. The van der Waals surface area contributed by atoms with Crippen LogP contribution in [0.2, 0.25) is 19.1 Å². The molecule has 0 spiro atoms. The molecule has 0 saturated heterocycles. The van der Waals surface area contributed by atoms with Crippen LogP contribution in [-0.2, 0) is 0 Å². The second-order valence-corrected chi connectivity index (χ2v) is 10.4. The summed E-state index contributed by atoms with van der Waals surface area (Å²) in [6.07, 6.45) is 9.21. The second kappa shape index (κ2) is 7.37. The molecule has 1 heteroatoms. The minimum absolute atomic E-state index is 1.17. The van der Waals surface area contributed by atoms with Crippen molar-refractivity contribution < 1.29 is 0 Å². The molecule has 0 radical (unpaired) electrons. The van der Waals surface area contributed by atoms with Gasteiger partial charge in [-0.3, -0.25) is 0 Å². The Labute approximate surface area is 113 Å². The molecule has 0 aliphatic heterocycles. The van der Waals surface area contributed by atoms with Gasteiger partial charge in [0.2, 0.25) is 0 Å². The van der Waals surface area contributed by atoms with Crippen LogP contribution < -0.4 is 5.19 Å². The summed E-state index contributed by atoms with van der Waals surface area (Å²) in [6, 6.07) is 12.2. The SMILES string of the molecule is C/C=C/CC/C(C)=C\C[Si](C)(C)c1ccccc1. The van der Waals surface area contributed by atoms with Crippen molar-refractivity contribution in [2.45, 2.75) is 45.8 Å². The third-order valence-electron chi connectivity index (χ3n) is 3.46. The highest BCUT2D eigenvalue weighted by atomic mass is 28.3. The van der Waals surface area contributed by atoms with Crippen molar-refractivity contribution in [3.63, 3.8) is 0 Å². The molecule has 0 saturated carbocycles. The molecule has 1 rings (SSSR count). The average molecular weight is 258 g/mol. The van der Waals surface area contributed by atoms with Crippen LogP contribution >= 0.6 is 0 Å². The molecular formula is C17H26Si. The first-order valence-electron chi connectivity index (χ1n) is 6.88. The zero-order valence-electron chi connectivity index (χ0n) is 12.2. The van der Waals surface area contributed by atoms with Crippen molar-refractivity contribution in [3.8, 4) is 0 Å². The van der Waals surface area contributed by atoms with Gasteiger partial charge in [-0.25, -0.2) is 0 Å². The van der Waals surface area contributed by atoms with Gasteiger partial charge in [0, 0.05) is 0 Å². The fourth-order valence-electron chi connectivity index (χ4n) is 2.02. The van der Waals surface area contributed by atoms with Gasteiger partial charge < -0.3 is 0 Å². The van der Waals surface area contributed by atoms with Gasteiger partial charge in [0.25, 0.3) is 0 Å². The maximum Gasteiger partial charge on any atom is 0.0843 e. The van der Waals surface area contributed by atoms with Gasteiger partial charge >= 0.3 is 0 Å². The number of rotatable bonds is 6. The molecular weight excluding hydrogens is 232 g/mol. The van der Waals surface area contributed by atoms with E-state index in [1.54, 1.807) is 5.19 Å². The van der Waals surface area contributed by atoms with Crippen LogP contribution in [0.15, 0.2) is 54.1 Å². The third kappa shape index (κ3) is 5.05. The normalized spacial score (nSPS) is 13.2. The first-order valence-corrected chi connectivity index (χ1v) is 10.1. The number of hydrogen-bond donors (Lipinski definition) is 0. The Hall–Kier alpha value is -1.08. The lowest BCUT2D eigenvalue weighted by molar-refractivity contribution is 0.971. The zero-order valence-corrected chi connectivity index (χ0v) is 13.2. The molecule has 0 aromatic heterocycles. The summed E-state index contributed by atoms with van der Waals surface area (Å²) in [5, 5.41) is 1.56. The molecule has 0 aliphatic rings. The van der Waals surface area contributed by atoms with E-state index in [9.17, 15) is 0 Å². The number of hydrogen-bond acceptors (Lipinski definition) is 0. The van der Waals surface area contributed by atoms with E-state index in [4.69, 9.17) is 0 Å². The molecule has 0 amide bonds. The van der Waals surface area contributed by atoms with E-state index in [1.165, 1.54) is 24.5 Å². The van der Waals surface area contributed by atoms with Crippen LogP contribution in [0.3, 0.4) is 0 Å². The smallest absolute Gasteiger partial charge is 0.0843 e. The van der Waals surface area contributed by atoms with Crippen LogP contribution in [0, 0.1) is 0 Å². The Morgan fingerprint density at radius 2 is 1.83 bits per heavy atom. The van der Waals surface area contributed by atoms with Crippen molar-refractivity contribution in [1.29, 1.82) is 0 Å². The summed E-state index contributed by atoms with van der Waals surface area (Å²) >= 11 is 0. The van der Waals surface area contributed by atoms with Gasteiger partial charge in [-0.05, 0) is 32.7 Å². The Balaban J connectivity index is 2.58. The fraction of sp³-hybridized carbons (Fsp3) is 0.412. The maximum atomic E-state index is 2.46. The van der Waals surface area contributed by atoms with Crippen molar-refractivity contribution in [2.75, 3.05) is 0 Å². The van der Waals surface area contributed by atoms with E-state index in [-0.39, 0.29) is 0 Å². The minimum Gasteiger partial charge on any atom is -0.0917 e. The Morgan fingerprint density at radius 1 is 1.17 bits per heavy atom. The Kier molecular flexibility index (Phi) is 6.13. The fourth-order valence-corrected chi connectivity index (χ4v) is 4.21.